The first-order valence-corrected chi connectivity index (χ1v) is 6.11. The van der Waals surface area contributed by atoms with Gasteiger partial charge in [-0.25, -0.2) is 4.98 Å². The van der Waals surface area contributed by atoms with Crippen molar-refractivity contribution < 1.29 is 9.32 Å². The quantitative estimate of drug-likeness (QED) is 0.780. The topological polar surface area (TPSA) is 87.9 Å². The van der Waals surface area contributed by atoms with Crippen LogP contribution in [0.15, 0.2) is 29.0 Å². The molecule has 1 N–H and O–H groups in total. The molecule has 2 aromatic heterocycles. The summed E-state index contributed by atoms with van der Waals surface area (Å²) in [4.78, 5) is 25.1. The first kappa shape index (κ1) is 12.3. The van der Waals surface area contributed by atoms with Crippen LogP contribution < -0.4 is 0 Å². The van der Waals surface area contributed by atoms with E-state index in [1.54, 1.807) is 37.3 Å². The Labute approximate surface area is 114 Å². The van der Waals surface area contributed by atoms with E-state index in [4.69, 9.17) is 4.52 Å². The van der Waals surface area contributed by atoms with Gasteiger partial charge in [-0.05, 0) is 18.2 Å². The van der Waals surface area contributed by atoms with Crippen LogP contribution in [0, 0.1) is 6.92 Å². The lowest BCUT2D eigenvalue weighted by Gasteiger charge is -2.14. The minimum absolute atomic E-state index is 0.107. The standard InChI is InChI=1S/C13H13N5O2/c1-8-16-12(17-20-8)6-18(2)13(19)9-3-4-10-11(5-9)15-7-14-10/h3-5,7H,6H2,1-2H3,(H,14,15). The lowest BCUT2D eigenvalue weighted by molar-refractivity contribution is 0.0781. The highest BCUT2D eigenvalue weighted by Crippen LogP contribution is 2.13. The van der Waals surface area contributed by atoms with E-state index in [0.717, 1.165) is 11.0 Å². The summed E-state index contributed by atoms with van der Waals surface area (Å²) in [7, 11) is 1.70. The third-order valence-corrected chi connectivity index (χ3v) is 2.96. The number of benzene rings is 1. The maximum Gasteiger partial charge on any atom is 0.254 e. The first-order valence-electron chi connectivity index (χ1n) is 6.11. The van der Waals surface area contributed by atoms with Crippen molar-refractivity contribution in [1.82, 2.24) is 25.0 Å². The van der Waals surface area contributed by atoms with Gasteiger partial charge in [-0.15, -0.1) is 0 Å². The molecule has 2 heterocycles. The monoisotopic (exact) mass is 271 g/mol. The maximum absolute atomic E-state index is 12.3. The van der Waals surface area contributed by atoms with Gasteiger partial charge in [0.05, 0.1) is 23.9 Å². The Morgan fingerprint density at radius 3 is 3.05 bits per heavy atom. The number of nitrogens with zero attached hydrogens (tertiary/aromatic N) is 4. The molecule has 20 heavy (non-hydrogen) atoms. The Morgan fingerprint density at radius 1 is 1.45 bits per heavy atom. The second kappa shape index (κ2) is 4.76. The number of aromatic amines is 1. The second-order valence-corrected chi connectivity index (χ2v) is 4.53. The van der Waals surface area contributed by atoms with Crippen LogP contribution in [0.25, 0.3) is 11.0 Å². The molecule has 0 radical (unpaired) electrons. The van der Waals surface area contributed by atoms with Crippen LogP contribution in [-0.2, 0) is 6.54 Å². The van der Waals surface area contributed by atoms with Crippen molar-refractivity contribution in [2.24, 2.45) is 0 Å². The highest BCUT2D eigenvalue weighted by Gasteiger charge is 2.15. The van der Waals surface area contributed by atoms with E-state index < -0.39 is 0 Å². The normalized spacial score (nSPS) is 10.9. The number of aryl methyl sites for hydroxylation is 1. The van der Waals surface area contributed by atoms with Gasteiger partial charge < -0.3 is 14.4 Å². The number of carbonyl (C=O) groups is 1. The molecular weight excluding hydrogens is 258 g/mol. The molecule has 0 saturated heterocycles. The van der Waals surface area contributed by atoms with E-state index >= 15 is 0 Å². The number of aromatic nitrogens is 4. The van der Waals surface area contributed by atoms with Gasteiger partial charge in [0, 0.05) is 19.5 Å². The number of fused-ring (bicyclic) bond motifs is 1. The average Bonchev–Trinajstić information content (AvgIpc) is 3.05. The Bertz CT molecular complexity index is 761. The molecule has 0 atom stereocenters. The zero-order valence-electron chi connectivity index (χ0n) is 11.1. The third kappa shape index (κ3) is 2.25. The van der Waals surface area contributed by atoms with E-state index in [1.807, 2.05) is 6.07 Å². The van der Waals surface area contributed by atoms with Crippen molar-refractivity contribution >= 4 is 16.9 Å². The van der Waals surface area contributed by atoms with Crippen LogP contribution in [0.4, 0.5) is 0 Å². The van der Waals surface area contributed by atoms with Gasteiger partial charge >= 0.3 is 0 Å². The molecule has 0 aliphatic carbocycles. The average molecular weight is 271 g/mol. The molecule has 0 saturated carbocycles. The summed E-state index contributed by atoms with van der Waals surface area (Å²) >= 11 is 0. The molecule has 0 aliphatic heterocycles. The van der Waals surface area contributed by atoms with Crippen LogP contribution in [0.1, 0.15) is 22.1 Å². The highest BCUT2D eigenvalue weighted by atomic mass is 16.5. The van der Waals surface area contributed by atoms with Gasteiger partial charge in [-0.1, -0.05) is 5.16 Å². The van der Waals surface area contributed by atoms with Gasteiger partial charge in [-0.3, -0.25) is 4.79 Å². The molecule has 102 valence electrons. The van der Waals surface area contributed by atoms with Gasteiger partial charge in [0.25, 0.3) is 5.91 Å². The molecule has 1 amide bonds. The van der Waals surface area contributed by atoms with Crippen LogP contribution in [0.5, 0.6) is 0 Å². The predicted molar refractivity (Wildman–Crippen MR) is 70.9 cm³/mol. The fourth-order valence-electron chi connectivity index (χ4n) is 1.98. The van der Waals surface area contributed by atoms with E-state index in [2.05, 4.69) is 20.1 Å². The second-order valence-electron chi connectivity index (χ2n) is 4.53. The largest absolute Gasteiger partial charge is 0.345 e. The van der Waals surface area contributed by atoms with Gasteiger partial charge in [0.15, 0.2) is 5.82 Å². The van der Waals surface area contributed by atoms with Crippen molar-refractivity contribution in [2.75, 3.05) is 7.05 Å². The summed E-state index contributed by atoms with van der Waals surface area (Å²) in [5, 5.41) is 3.78. The van der Waals surface area contributed by atoms with Crippen molar-refractivity contribution in [3.8, 4) is 0 Å². The molecule has 3 rings (SSSR count). The summed E-state index contributed by atoms with van der Waals surface area (Å²) in [5.74, 6) is 0.865. The predicted octanol–water partition coefficient (Wildman–Crippen LogP) is 1.53. The Balaban J connectivity index is 1.80. The summed E-state index contributed by atoms with van der Waals surface area (Å²) in [6.45, 7) is 2.02. The van der Waals surface area contributed by atoms with Crippen LogP contribution in [-0.4, -0.2) is 38.0 Å². The fourth-order valence-corrected chi connectivity index (χ4v) is 1.98. The number of amides is 1. The van der Waals surface area contributed by atoms with E-state index in [1.165, 1.54) is 0 Å². The van der Waals surface area contributed by atoms with Gasteiger partial charge in [-0.2, -0.15) is 4.98 Å². The number of rotatable bonds is 3. The molecule has 7 nitrogen and oxygen atoms in total. The zero-order chi connectivity index (χ0) is 14.1. The molecule has 3 aromatic rings. The lowest BCUT2D eigenvalue weighted by Crippen LogP contribution is -2.26. The highest BCUT2D eigenvalue weighted by molar-refractivity contribution is 5.97. The maximum atomic E-state index is 12.3. The number of H-pyrrole nitrogens is 1. The van der Waals surface area contributed by atoms with Crippen LogP contribution in [0.2, 0.25) is 0 Å². The van der Waals surface area contributed by atoms with Gasteiger partial charge in [0.1, 0.15) is 0 Å². The molecule has 0 bridgehead atoms. The number of imidazole rings is 1. The molecule has 1 aromatic carbocycles. The molecule has 0 unspecified atom stereocenters. The lowest BCUT2D eigenvalue weighted by atomic mass is 10.2. The number of hydrogen-bond acceptors (Lipinski definition) is 5. The third-order valence-electron chi connectivity index (χ3n) is 2.96. The van der Waals surface area contributed by atoms with E-state index in [-0.39, 0.29) is 5.91 Å². The van der Waals surface area contributed by atoms with Gasteiger partial charge in [0.2, 0.25) is 5.89 Å². The minimum atomic E-state index is -0.107. The van der Waals surface area contributed by atoms with Crippen molar-refractivity contribution in [3.05, 3.63) is 41.8 Å². The van der Waals surface area contributed by atoms with E-state index in [0.29, 0.717) is 23.8 Å². The molecule has 0 spiro atoms. The van der Waals surface area contributed by atoms with Crippen molar-refractivity contribution in [2.45, 2.75) is 13.5 Å². The summed E-state index contributed by atoms with van der Waals surface area (Å²) in [6.07, 6.45) is 1.60. The summed E-state index contributed by atoms with van der Waals surface area (Å²) in [5.41, 5.74) is 2.25. The van der Waals surface area contributed by atoms with Crippen molar-refractivity contribution in [3.63, 3.8) is 0 Å². The zero-order valence-corrected chi connectivity index (χ0v) is 11.1. The summed E-state index contributed by atoms with van der Waals surface area (Å²) in [6, 6.07) is 5.34. The number of nitrogens with one attached hydrogen (secondary N) is 1. The van der Waals surface area contributed by atoms with E-state index in [9.17, 15) is 4.79 Å². The first-order chi connectivity index (χ1) is 9.63. The SMILES string of the molecule is Cc1nc(CN(C)C(=O)c2ccc3nc[nH]c3c2)no1. The number of hydrogen-bond donors (Lipinski definition) is 1. The Hall–Kier alpha value is -2.70. The Kier molecular flexibility index (Phi) is 2.94. The van der Waals surface area contributed by atoms with Crippen molar-refractivity contribution in [1.29, 1.82) is 0 Å². The summed E-state index contributed by atoms with van der Waals surface area (Å²) < 4.78 is 4.89. The molecule has 7 heteroatoms. The molecule has 0 fully saturated rings. The minimum Gasteiger partial charge on any atom is -0.345 e. The smallest absolute Gasteiger partial charge is 0.254 e. The number of carbonyl (C=O) groups excluding carboxylic acids is 1. The fraction of sp³-hybridized carbons (Fsp3) is 0.231. The van der Waals surface area contributed by atoms with Crippen LogP contribution >= 0.6 is 0 Å². The molecular formula is C13H13N5O2. The molecule has 0 aliphatic rings. The van der Waals surface area contributed by atoms with Crippen LogP contribution in [0.3, 0.4) is 0 Å². The Morgan fingerprint density at radius 2 is 2.30 bits per heavy atom.